The van der Waals surface area contributed by atoms with Crippen LogP contribution in [0.15, 0.2) is 52.8 Å². The van der Waals surface area contributed by atoms with Crippen LogP contribution >= 0.6 is 11.3 Å². The quantitative estimate of drug-likeness (QED) is 0.497. The Morgan fingerprint density at radius 3 is 2.93 bits per heavy atom. The number of β-amino-alcohol motifs (C(OH)–C–C–N with tert-alkyl or cyclic N) is 1. The molecule has 2 aromatic heterocycles. The number of aromatic nitrogens is 3. The molecule has 4 aromatic rings. The molecule has 1 fully saturated rings. The molecule has 0 saturated carbocycles. The van der Waals surface area contributed by atoms with Gasteiger partial charge in [-0.2, -0.15) is 0 Å². The summed E-state index contributed by atoms with van der Waals surface area (Å²) >= 11 is 1.58. The maximum atomic E-state index is 12.4. The molecule has 0 amide bonds. The van der Waals surface area contributed by atoms with Gasteiger partial charge in [0.15, 0.2) is 0 Å². The molecule has 0 aliphatic carbocycles. The third-order valence-electron chi connectivity index (χ3n) is 5.76. The van der Waals surface area contributed by atoms with E-state index in [-0.39, 0.29) is 18.3 Å². The maximum absolute atomic E-state index is 12.4. The van der Waals surface area contributed by atoms with E-state index in [1.165, 1.54) is 0 Å². The zero-order valence-corrected chi connectivity index (χ0v) is 17.3. The van der Waals surface area contributed by atoms with Crippen molar-refractivity contribution < 1.29 is 9.84 Å². The lowest BCUT2D eigenvalue weighted by molar-refractivity contribution is 0.0559. The number of ether oxygens (including phenoxy) is 1. The molecule has 1 saturated heterocycles. The van der Waals surface area contributed by atoms with Crippen LogP contribution in [0.4, 0.5) is 0 Å². The average Bonchev–Trinajstić information content (AvgIpc) is 3.36. The number of nitrogens with one attached hydrogen (secondary N) is 1. The molecule has 1 unspecified atom stereocenters. The van der Waals surface area contributed by atoms with E-state index >= 15 is 0 Å². The number of aliphatic hydroxyl groups is 1. The fourth-order valence-electron chi connectivity index (χ4n) is 4.27. The summed E-state index contributed by atoms with van der Waals surface area (Å²) in [6, 6.07) is 13.8. The molecule has 8 heteroatoms. The molecule has 7 nitrogen and oxygen atoms in total. The lowest BCUT2D eigenvalue weighted by Crippen LogP contribution is -2.42. The molecular weight excluding hydrogens is 400 g/mol. The Hall–Kier alpha value is -2.68. The zero-order chi connectivity index (χ0) is 20.5. The van der Waals surface area contributed by atoms with E-state index in [1.54, 1.807) is 11.3 Å². The third-order valence-corrected chi connectivity index (χ3v) is 6.55. The highest BCUT2D eigenvalue weighted by Crippen LogP contribution is 2.25. The Morgan fingerprint density at radius 1 is 1.23 bits per heavy atom. The molecule has 3 heterocycles. The van der Waals surface area contributed by atoms with Crippen molar-refractivity contribution in [2.75, 3.05) is 26.2 Å². The molecule has 0 bridgehead atoms. The summed E-state index contributed by atoms with van der Waals surface area (Å²) in [5.41, 5.74) is 4.59. The Labute approximate surface area is 177 Å². The molecule has 30 heavy (non-hydrogen) atoms. The van der Waals surface area contributed by atoms with Crippen molar-refractivity contribution in [1.29, 1.82) is 0 Å². The van der Waals surface area contributed by atoms with E-state index in [0.717, 1.165) is 52.9 Å². The van der Waals surface area contributed by atoms with Crippen LogP contribution in [0.5, 0.6) is 5.75 Å². The second-order valence-corrected chi connectivity index (χ2v) is 8.68. The Morgan fingerprint density at radius 2 is 2.07 bits per heavy atom. The number of likely N-dealkylation sites (tertiary alicyclic amines) is 1. The van der Waals surface area contributed by atoms with Crippen LogP contribution in [0, 0.1) is 0 Å². The van der Waals surface area contributed by atoms with Crippen LogP contribution in [-0.4, -0.2) is 56.9 Å². The lowest BCUT2D eigenvalue weighted by atomic mass is 10.0. The van der Waals surface area contributed by atoms with Gasteiger partial charge >= 0.3 is 5.69 Å². The van der Waals surface area contributed by atoms with E-state index < -0.39 is 6.10 Å². The fourth-order valence-corrected chi connectivity index (χ4v) is 4.97. The predicted octanol–water partition coefficient (Wildman–Crippen LogP) is 3.02. The Kier molecular flexibility index (Phi) is 5.28. The van der Waals surface area contributed by atoms with Crippen molar-refractivity contribution in [3.63, 3.8) is 0 Å². The molecular formula is C22H24N4O3S. The number of aromatic amines is 1. The maximum Gasteiger partial charge on any atom is 0.326 e. The number of rotatable bonds is 6. The summed E-state index contributed by atoms with van der Waals surface area (Å²) in [7, 11) is 0. The van der Waals surface area contributed by atoms with Gasteiger partial charge in [-0.3, -0.25) is 4.57 Å². The van der Waals surface area contributed by atoms with E-state index in [1.807, 2.05) is 52.5 Å². The first kappa shape index (κ1) is 19.3. The second-order valence-electron chi connectivity index (χ2n) is 7.80. The van der Waals surface area contributed by atoms with Crippen molar-refractivity contribution in [3.8, 4) is 5.75 Å². The van der Waals surface area contributed by atoms with Gasteiger partial charge in [-0.1, -0.05) is 12.1 Å². The summed E-state index contributed by atoms with van der Waals surface area (Å²) in [6.45, 7) is 2.52. The Balaban J connectivity index is 1.15. The van der Waals surface area contributed by atoms with Gasteiger partial charge in [-0.25, -0.2) is 9.78 Å². The summed E-state index contributed by atoms with van der Waals surface area (Å²) < 4.78 is 8.75. The van der Waals surface area contributed by atoms with Gasteiger partial charge in [0.1, 0.15) is 18.5 Å². The summed E-state index contributed by atoms with van der Waals surface area (Å²) in [5, 5.41) is 10.4. The SMILES string of the molecule is O=c1[nH]c2ccccc2n1C1CCN(CC(O)COc2ccc3ncsc3c2)CC1. The summed E-state index contributed by atoms with van der Waals surface area (Å²) in [6.07, 6.45) is 1.21. The number of aliphatic hydroxyl groups excluding tert-OH is 1. The molecule has 156 valence electrons. The normalized spacial score (nSPS) is 17.0. The number of para-hydroxylation sites is 2. The molecule has 5 rings (SSSR count). The first-order valence-electron chi connectivity index (χ1n) is 10.2. The molecule has 1 aliphatic rings. The third kappa shape index (κ3) is 3.86. The minimum atomic E-state index is -0.561. The zero-order valence-electron chi connectivity index (χ0n) is 16.5. The second kappa shape index (κ2) is 8.22. The van der Waals surface area contributed by atoms with Crippen LogP contribution in [0.1, 0.15) is 18.9 Å². The van der Waals surface area contributed by atoms with Gasteiger partial charge in [-0.15, -0.1) is 11.3 Å². The molecule has 2 N–H and O–H groups in total. The average molecular weight is 425 g/mol. The van der Waals surface area contributed by atoms with Gasteiger partial charge in [0.25, 0.3) is 0 Å². The number of fused-ring (bicyclic) bond motifs is 2. The van der Waals surface area contributed by atoms with E-state index in [4.69, 9.17) is 4.74 Å². The highest BCUT2D eigenvalue weighted by Gasteiger charge is 2.24. The van der Waals surface area contributed by atoms with E-state index in [2.05, 4.69) is 14.9 Å². The highest BCUT2D eigenvalue weighted by atomic mass is 32.1. The minimum Gasteiger partial charge on any atom is -0.491 e. The number of hydrogen-bond donors (Lipinski definition) is 2. The number of thiazole rings is 1. The van der Waals surface area contributed by atoms with Gasteiger partial charge in [0.05, 0.1) is 26.8 Å². The van der Waals surface area contributed by atoms with Crippen molar-refractivity contribution in [2.45, 2.75) is 25.0 Å². The van der Waals surface area contributed by atoms with Crippen LogP contribution in [0.25, 0.3) is 21.3 Å². The van der Waals surface area contributed by atoms with Crippen LogP contribution in [0.3, 0.4) is 0 Å². The van der Waals surface area contributed by atoms with Gasteiger partial charge < -0.3 is 19.7 Å². The highest BCUT2D eigenvalue weighted by molar-refractivity contribution is 7.16. The number of piperidine rings is 1. The van der Waals surface area contributed by atoms with Crippen molar-refractivity contribution in [1.82, 2.24) is 19.4 Å². The standard InChI is InChI=1S/C22H24N4O3S/c27-16(13-29-17-5-6-19-21(11-17)30-14-23-19)12-25-9-7-15(8-10-25)26-20-4-2-1-3-18(20)24-22(26)28/h1-6,11,14-16,27H,7-10,12-13H2,(H,24,28). The van der Waals surface area contributed by atoms with Crippen LogP contribution < -0.4 is 10.4 Å². The van der Waals surface area contributed by atoms with Crippen molar-refractivity contribution >= 4 is 32.6 Å². The number of hydrogen-bond acceptors (Lipinski definition) is 6. The molecule has 0 spiro atoms. The molecule has 0 radical (unpaired) electrons. The van der Waals surface area contributed by atoms with Crippen LogP contribution in [0.2, 0.25) is 0 Å². The molecule has 1 aliphatic heterocycles. The number of benzene rings is 2. The lowest BCUT2D eigenvalue weighted by Gasteiger charge is -2.33. The van der Waals surface area contributed by atoms with Crippen molar-refractivity contribution in [2.24, 2.45) is 0 Å². The summed E-state index contributed by atoms with van der Waals surface area (Å²) in [4.78, 5) is 21.9. The number of nitrogens with zero attached hydrogens (tertiary/aromatic N) is 3. The fraction of sp³-hybridized carbons (Fsp3) is 0.364. The van der Waals surface area contributed by atoms with Gasteiger partial charge in [-0.05, 0) is 43.2 Å². The van der Waals surface area contributed by atoms with Crippen molar-refractivity contribution in [3.05, 3.63) is 58.5 Å². The Bertz CT molecular complexity index is 1210. The smallest absolute Gasteiger partial charge is 0.326 e. The predicted molar refractivity (Wildman–Crippen MR) is 118 cm³/mol. The van der Waals surface area contributed by atoms with Gasteiger partial charge in [0.2, 0.25) is 0 Å². The van der Waals surface area contributed by atoms with Gasteiger partial charge in [0, 0.05) is 25.7 Å². The first-order valence-corrected chi connectivity index (χ1v) is 11.1. The van der Waals surface area contributed by atoms with E-state index in [9.17, 15) is 9.90 Å². The molecule has 1 atom stereocenters. The topological polar surface area (TPSA) is 83.4 Å². The van der Waals surface area contributed by atoms with Crippen LogP contribution in [-0.2, 0) is 0 Å². The monoisotopic (exact) mass is 424 g/mol. The number of imidazole rings is 1. The summed E-state index contributed by atoms with van der Waals surface area (Å²) in [5.74, 6) is 0.753. The van der Waals surface area contributed by atoms with E-state index in [0.29, 0.717) is 6.54 Å². The largest absolute Gasteiger partial charge is 0.491 e. The number of H-pyrrole nitrogens is 1. The molecule has 2 aromatic carbocycles. The first-order chi connectivity index (χ1) is 14.7. The minimum absolute atomic E-state index is 0.0407.